The Morgan fingerprint density at radius 1 is 1.23 bits per heavy atom. The fourth-order valence-electron chi connectivity index (χ4n) is 5.42. The lowest BCUT2D eigenvalue weighted by Gasteiger charge is -2.43. The topological polar surface area (TPSA) is 58.4 Å². The predicted molar refractivity (Wildman–Crippen MR) is 105 cm³/mol. The van der Waals surface area contributed by atoms with Crippen LogP contribution in [0.4, 0.5) is 0 Å². The zero-order valence-corrected chi connectivity index (χ0v) is 16.0. The minimum Gasteiger partial charge on any atom is -0.354 e. The van der Waals surface area contributed by atoms with E-state index in [1.165, 1.54) is 30.4 Å². The second-order valence-electron chi connectivity index (χ2n) is 8.78. The van der Waals surface area contributed by atoms with E-state index in [4.69, 9.17) is 5.73 Å². The van der Waals surface area contributed by atoms with E-state index < -0.39 is 0 Å². The number of nitrogens with two attached hydrogens (primary N) is 1. The second-order valence-corrected chi connectivity index (χ2v) is 8.78. The summed E-state index contributed by atoms with van der Waals surface area (Å²) in [5, 5.41) is 3.26. The maximum absolute atomic E-state index is 12.8. The SMILES string of the molecule is CC(CNC(=O)C1CC2CCCC(C1)C2N)N1CCc2ccccc2C1. The highest BCUT2D eigenvalue weighted by atomic mass is 16.1. The van der Waals surface area contributed by atoms with Crippen molar-refractivity contribution in [2.75, 3.05) is 13.1 Å². The van der Waals surface area contributed by atoms with Crippen LogP contribution in [0.5, 0.6) is 0 Å². The second kappa shape index (κ2) is 7.69. The summed E-state index contributed by atoms with van der Waals surface area (Å²) in [6.07, 6.45) is 6.82. The lowest BCUT2D eigenvalue weighted by Crippen LogP contribution is -2.50. The Bertz CT molecular complexity index is 632. The summed E-state index contributed by atoms with van der Waals surface area (Å²) in [7, 11) is 0. The van der Waals surface area contributed by atoms with E-state index in [1.54, 1.807) is 0 Å². The third kappa shape index (κ3) is 3.67. The van der Waals surface area contributed by atoms with Crippen molar-refractivity contribution in [2.45, 2.75) is 64.1 Å². The minimum atomic E-state index is 0.180. The Kier molecular flexibility index (Phi) is 5.32. The van der Waals surface area contributed by atoms with E-state index in [2.05, 4.69) is 41.4 Å². The number of carbonyl (C=O) groups is 1. The van der Waals surface area contributed by atoms with Gasteiger partial charge in [-0.25, -0.2) is 0 Å². The number of hydrogen-bond donors (Lipinski definition) is 2. The van der Waals surface area contributed by atoms with Gasteiger partial charge in [-0.2, -0.15) is 0 Å². The molecule has 2 bridgehead atoms. The summed E-state index contributed by atoms with van der Waals surface area (Å²) in [6, 6.07) is 9.43. The number of nitrogens with zero attached hydrogens (tertiary/aromatic N) is 1. The van der Waals surface area contributed by atoms with Crippen LogP contribution in [0.2, 0.25) is 0 Å². The predicted octanol–water partition coefficient (Wildman–Crippen LogP) is 2.70. The molecule has 0 radical (unpaired) electrons. The van der Waals surface area contributed by atoms with Crippen LogP contribution in [-0.4, -0.2) is 36.0 Å². The third-order valence-electron chi connectivity index (χ3n) is 7.14. The minimum absolute atomic E-state index is 0.180. The van der Waals surface area contributed by atoms with E-state index in [0.29, 0.717) is 23.9 Å². The van der Waals surface area contributed by atoms with Crippen LogP contribution in [0.3, 0.4) is 0 Å². The van der Waals surface area contributed by atoms with Crippen LogP contribution >= 0.6 is 0 Å². The first-order valence-corrected chi connectivity index (χ1v) is 10.5. The first-order chi connectivity index (χ1) is 12.6. The van der Waals surface area contributed by atoms with Crippen molar-refractivity contribution < 1.29 is 4.79 Å². The molecule has 3 atom stereocenters. The maximum atomic E-state index is 12.8. The van der Waals surface area contributed by atoms with Crippen molar-refractivity contribution in [3.63, 3.8) is 0 Å². The summed E-state index contributed by atoms with van der Waals surface area (Å²) in [4.78, 5) is 15.2. The van der Waals surface area contributed by atoms with Crippen LogP contribution in [0.15, 0.2) is 24.3 Å². The molecular weight excluding hydrogens is 322 g/mol. The van der Waals surface area contributed by atoms with Crippen LogP contribution in [0.25, 0.3) is 0 Å². The molecule has 3 N–H and O–H groups in total. The van der Waals surface area contributed by atoms with Crippen molar-refractivity contribution in [2.24, 2.45) is 23.5 Å². The zero-order valence-electron chi connectivity index (χ0n) is 16.0. The molecule has 3 aliphatic rings. The van der Waals surface area contributed by atoms with Gasteiger partial charge in [-0.05, 0) is 62.0 Å². The summed E-state index contributed by atoms with van der Waals surface area (Å²) in [5.41, 5.74) is 9.28. The molecule has 1 amide bonds. The van der Waals surface area contributed by atoms with E-state index in [9.17, 15) is 4.79 Å². The smallest absolute Gasteiger partial charge is 0.223 e. The van der Waals surface area contributed by atoms with Crippen molar-refractivity contribution in [3.8, 4) is 0 Å². The zero-order chi connectivity index (χ0) is 18.1. The van der Waals surface area contributed by atoms with E-state index in [0.717, 1.165) is 38.9 Å². The standard InChI is InChI=1S/C22H33N3O/c1-15(25-10-9-16-5-2-3-6-19(16)14-25)13-24-22(26)20-11-17-7-4-8-18(12-20)21(17)23/h2-3,5-6,15,17-18,20-21H,4,7-14,23H2,1H3,(H,24,26). The first-order valence-electron chi connectivity index (χ1n) is 10.5. The average Bonchev–Trinajstić information content (AvgIpc) is 2.65. The van der Waals surface area contributed by atoms with Crippen molar-refractivity contribution >= 4 is 5.91 Å². The van der Waals surface area contributed by atoms with Gasteiger partial charge < -0.3 is 11.1 Å². The molecule has 4 nitrogen and oxygen atoms in total. The molecule has 1 aromatic carbocycles. The van der Waals surface area contributed by atoms with E-state index in [1.807, 2.05) is 0 Å². The molecule has 2 saturated carbocycles. The van der Waals surface area contributed by atoms with E-state index in [-0.39, 0.29) is 11.8 Å². The molecule has 26 heavy (non-hydrogen) atoms. The molecule has 3 unspecified atom stereocenters. The van der Waals surface area contributed by atoms with Gasteiger partial charge in [0.05, 0.1) is 0 Å². The van der Waals surface area contributed by atoms with Gasteiger partial charge in [0.25, 0.3) is 0 Å². The number of nitrogens with one attached hydrogen (secondary N) is 1. The summed E-state index contributed by atoms with van der Waals surface area (Å²) >= 11 is 0. The first kappa shape index (κ1) is 18.0. The van der Waals surface area contributed by atoms with Gasteiger partial charge in [0, 0.05) is 37.6 Å². The van der Waals surface area contributed by atoms with Gasteiger partial charge in [-0.3, -0.25) is 9.69 Å². The van der Waals surface area contributed by atoms with Gasteiger partial charge in [0.1, 0.15) is 0 Å². The molecule has 0 saturated heterocycles. The summed E-state index contributed by atoms with van der Waals surface area (Å²) in [5.74, 6) is 1.57. The number of fused-ring (bicyclic) bond motifs is 3. The molecule has 0 aromatic heterocycles. The van der Waals surface area contributed by atoms with Gasteiger partial charge >= 0.3 is 0 Å². The number of amides is 1. The lowest BCUT2D eigenvalue weighted by molar-refractivity contribution is -0.128. The van der Waals surface area contributed by atoms with Crippen molar-refractivity contribution in [1.29, 1.82) is 0 Å². The highest BCUT2D eigenvalue weighted by Crippen LogP contribution is 2.41. The molecule has 142 valence electrons. The molecule has 4 rings (SSSR count). The normalized spacial score (nSPS) is 32.5. The molecule has 2 fully saturated rings. The molecule has 2 aliphatic carbocycles. The van der Waals surface area contributed by atoms with Gasteiger partial charge in [-0.1, -0.05) is 30.7 Å². The number of hydrogen-bond acceptors (Lipinski definition) is 3. The quantitative estimate of drug-likeness (QED) is 0.873. The largest absolute Gasteiger partial charge is 0.354 e. The van der Waals surface area contributed by atoms with Crippen molar-refractivity contribution in [3.05, 3.63) is 35.4 Å². The van der Waals surface area contributed by atoms with Crippen LogP contribution in [0, 0.1) is 17.8 Å². The molecule has 1 aliphatic heterocycles. The Balaban J connectivity index is 1.28. The molecule has 4 heteroatoms. The Morgan fingerprint density at radius 3 is 2.65 bits per heavy atom. The van der Waals surface area contributed by atoms with Gasteiger partial charge in [0.15, 0.2) is 0 Å². The average molecular weight is 356 g/mol. The van der Waals surface area contributed by atoms with Crippen LogP contribution in [0.1, 0.15) is 50.2 Å². The highest BCUT2D eigenvalue weighted by molar-refractivity contribution is 5.78. The number of carbonyl (C=O) groups excluding carboxylic acids is 1. The fourth-order valence-corrected chi connectivity index (χ4v) is 5.42. The molecular formula is C22H33N3O. The van der Waals surface area contributed by atoms with Crippen molar-refractivity contribution in [1.82, 2.24) is 10.2 Å². The summed E-state index contributed by atoms with van der Waals surface area (Å²) in [6.45, 7) is 5.06. The monoisotopic (exact) mass is 355 g/mol. The fraction of sp³-hybridized carbons (Fsp3) is 0.682. The Morgan fingerprint density at radius 2 is 1.92 bits per heavy atom. The molecule has 0 spiro atoms. The van der Waals surface area contributed by atoms with Gasteiger partial charge in [-0.15, -0.1) is 0 Å². The highest BCUT2D eigenvalue weighted by Gasteiger charge is 2.40. The van der Waals surface area contributed by atoms with Crippen LogP contribution < -0.4 is 11.1 Å². The van der Waals surface area contributed by atoms with Gasteiger partial charge in [0.2, 0.25) is 5.91 Å². The number of rotatable bonds is 4. The molecule has 1 aromatic rings. The van der Waals surface area contributed by atoms with Crippen LogP contribution in [-0.2, 0) is 17.8 Å². The third-order valence-corrected chi connectivity index (χ3v) is 7.14. The summed E-state index contributed by atoms with van der Waals surface area (Å²) < 4.78 is 0. The maximum Gasteiger partial charge on any atom is 0.223 e. The Hall–Kier alpha value is -1.39. The van der Waals surface area contributed by atoms with E-state index >= 15 is 0 Å². The lowest BCUT2D eigenvalue weighted by atomic mass is 9.65. The number of benzene rings is 1. The molecule has 1 heterocycles. The Labute approximate surface area is 157 Å².